The standard InChI is InChI=1S/C23H32N2O2Si/c1-16(2)28(17(3)4,18(5)6)27-22-11-8-20(9-12-22)25-21-10-13-23(26-7)19(14-21)15-24/h8-14,16-18,25H,1-7H3. The lowest BCUT2D eigenvalue weighted by Crippen LogP contribution is -2.50. The van der Waals surface area contributed by atoms with E-state index in [4.69, 9.17) is 9.16 Å². The minimum absolute atomic E-state index is 0.508. The van der Waals surface area contributed by atoms with Crippen LogP contribution < -0.4 is 14.5 Å². The summed E-state index contributed by atoms with van der Waals surface area (Å²) in [6, 6.07) is 15.8. The van der Waals surface area contributed by atoms with E-state index >= 15 is 0 Å². The molecule has 0 saturated carbocycles. The van der Waals surface area contributed by atoms with Crippen LogP contribution in [0.1, 0.15) is 47.1 Å². The van der Waals surface area contributed by atoms with Crippen LogP contribution in [-0.4, -0.2) is 15.4 Å². The van der Waals surface area contributed by atoms with E-state index in [0.717, 1.165) is 17.1 Å². The number of nitrogens with one attached hydrogen (secondary N) is 1. The van der Waals surface area contributed by atoms with E-state index in [2.05, 4.69) is 52.9 Å². The second-order valence-corrected chi connectivity index (χ2v) is 13.5. The summed E-state index contributed by atoms with van der Waals surface area (Å²) in [5, 5.41) is 12.6. The number of nitriles is 1. The van der Waals surface area contributed by atoms with E-state index in [9.17, 15) is 5.26 Å². The summed E-state index contributed by atoms with van der Waals surface area (Å²) in [6.07, 6.45) is 0. The molecule has 0 saturated heterocycles. The van der Waals surface area contributed by atoms with E-state index in [0.29, 0.717) is 27.9 Å². The van der Waals surface area contributed by atoms with Crippen molar-refractivity contribution >= 4 is 19.7 Å². The van der Waals surface area contributed by atoms with Crippen molar-refractivity contribution < 1.29 is 9.16 Å². The minimum Gasteiger partial charge on any atom is -0.543 e. The maximum atomic E-state index is 9.25. The Labute approximate surface area is 170 Å². The molecule has 0 heterocycles. The Morgan fingerprint density at radius 2 is 1.39 bits per heavy atom. The first-order valence-corrected chi connectivity index (χ1v) is 12.0. The third-order valence-corrected chi connectivity index (χ3v) is 11.5. The van der Waals surface area contributed by atoms with Crippen LogP contribution in [0.25, 0.3) is 0 Å². The lowest BCUT2D eigenvalue weighted by molar-refractivity contribution is 0.413. The van der Waals surface area contributed by atoms with Gasteiger partial charge in [0.1, 0.15) is 17.6 Å². The average molecular weight is 397 g/mol. The molecule has 28 heavy (non-hydrogen) atoms. The van der Waals surface area contributed by atoms with E-state index in [1.165, 1.54) is 0 Å². The van der Waals surface area contributed by atoms with Crippen molar-refractivity contribution in [3.05, 3.63) is 48.0 Å². The molecule has 0 atom stereocenters. The van der Waals surface area contributed by atoms with Crippen molar-refractivity contribution in [2.75, 3.05) is 12.4 Å². The van der Waals surface area contributed by atoms with Gasteiger partial charge in [-0.15, -0.1) is 0 Å². The van der Waals surface area contributed by atoms with E-state index < -0.39 is 8.32 Å². The zero-order chi connectivity index (χ0) is 20.9. The summed E-state index contributed by atoms with van der Waals surface area (Å²) >= 11 is 0. The number of nitrogens with zero attached hydrogens (tertiary/aromatic N) is 1. The first kappa shape index (κ1) is 21.8. The van der Waals surface area contributed by atoms with Crippen molar-refractivity contribution in [1.29, 1.82) is 5.26 Å². The normalized spacial score (nSPS) is 11.6. The number of ether oxygens (including phenoxy) is 1. The van der Waals surface area contributed by atoms with Gasteiger partial charge in [0, 0.05) is 11.4 Å². The van der Waals surface area contributed by atoms with Crippen LogP contribution in [0.4, 0.5) is 11.4 Å². The Kier molecular flexibility index (Phi) is 7.15. The molecule has 0 aliphatic heterocycles. The number of rotatable bonds is 8. The van der Waals surface area contributed by atoms with Crippen molar-refractivity contribution in [1.82, 2.24) is 0 Å². The lowest BCUT2D eigenvalue weighted by Gasteiger charge is -2.42. The Bertz CT molecular complexity index is 802. The van der Waals surface area contributed by atoms with E-state index in [1.54, 1.807) is 19.2 Å². The zero-order valence-corrected chi connectivity index (χ0v) is 19.0. The molecule has 0 unspecified atom stereocenters. The molecular weight excluding hydrogens is 364 g/mol. The molecular formula is C23H32N2O2Si. The van der Waals surface area contributed by atoms with Crippen LogP contribution in [0.15, 0.2) is 42.5 Å². The molecule has 2 aromatic carbocycles. The fourth-order valence-corrected chi connectivity index (χ4v) is 9.46. The molecule has 0 aliphatic rings. The molecule has 2 aromatic rings. The molecule has 0 spiro atoms. The topological polar surface area (TPSA) is 54.3 Å². The predicted molar refractivity (Wildman–Crippen MR) is 119 cm³/mol. The van der Waals surface area contributed by atoms with Gasteiger partial charge in [-0.05, 0) is 59.1 Å². The molecule has 0 amide bonds. The largest absolute Gasteiger partial charge is 0.543 e. The van der Waals surface area contributed by atoms with Crippen molar-refractivity contribution in [2.45, 2.75) is 58.2 Å². The Hall–Kier alpha value is -2.45. The molecule has 4 nitrogen and oxygen atoms in total. The van der Waals surface area contributed by atoms with Crippen LogP contribution >= 0.6 is 0 Å². The monoisotopic (exact) mass is 396 g/mol. The third-order valence-electron chi connectivity index (χ3n) is 5.46. The lowest BCUT2D eigenvalue weighted by atomic mass is 10.2. The van der Waals surface area contributed by atoms with Crippen LogP contribution in [0.3, 0.4) is 0 Å². The predicted octanol–water partition coefficient (Wildman–Crippen LogP) is 6.86. The van der Waals surface area contributed by atoms with Crippen LogP contribution in [0.5, 0.6) is 11.5 Å². The first-order chi connectivity index (χ1) is 13.2. The van der Waals surface area contributed by atoms with Gasteiger partial charge in [-0.3, -0.25) is 0 Å². The molecule has 150 valence electrons. The summed E-state index contributed by atoms with van der Waals surface area (Å²) in [6.45, 7) is 13.7. The fraction of sp³-hybridized carbons (Fsp3) is 0.435. The number of methoxy groups -OCH3 is 1. The number of anilines is 2. The van der Waals surface area contributed by atoms with Gasteiger partial charge < -0.3 is 14.5 Å². The molecule has 0 aliphatic carbocycles. The highest BCUT2D eigenvalue weighted by Crippen LogP contribution is 2.42. The van der Waals surface area contributed by atoms with Crippen molar-refractivity contribution in [2.24, 2.45) is 0 Å². The number of hydrogen-bond donors (Lipinski definition) is 1. The second-order valence-electron chi connectivity index (χ2n) is 8.10. The molecule has 2 rings (SSSR count). The summed E-state index contributed by atoms with van der Waals surface area (Å²) in [7, 11) is -0.387. The van der Waals surface area contributed by atoms with Gasteiger partial charge in [0.05, 0.1) is 12.7 Å². The third kappa shape index (κ3) is 4.51. The quantitative estimate of drug-likeness (QED) is 0.495. The van der Waals surface area contributed by atoms with Crippen LogP contribution in [0.2, 0.25) is 16.6 Å². The Morgan fingerprint density at radius 1 is 0.857 bits per heavy atom. The minimum atomic E-state index is -1.95. The Morgan fingerprint density at radius 3 is 1.86 bits per heavy atom. The number of hydrogen-bond acceptors (Lipinski definition) is 4. The molecule has 1 N–H and O–H groups in total. The summed E-state index contributed by atoms with van der Waals surface area (Å²) < 4.78 is 11.9. The highest BCUT2D eigenvalue weighted by molar-refractivity contribution is 6.78. The maximum absolute atomic E-state index is 9.25. The van der Waals surface area contributed by atoms with Gasteiger partial charge in [-0.2, -0.15) is 5.26 Å². The first-order valence-electron chi connectivity index (χ1n) is 9.88. The fourth-order valence-electron chi connectivity index (χ4n) is 4.20. The average Bonchev–Trinajstić information content (AvgIpc) is 2.66. The second kappa shape index (κ2) is 9.16. The van der Waals surface area contributed by atoms with Gasteiger partial charge in [-0.1, -0.05) is 41.5 Å². The summed E-state index contributed by atoms with van der Waals surface area (Å²) in [4.78, 5) is 0. The van der Waals surface area contributed by atoms with Crippen LogP contribution in [0, 0.1) is 11.3 Å². The van der Waals surface area contributed by atoms with Gasteiger partial charge in [0.15, 0.2) is 0 Å². The zero-order valence-electron chi connectivity index (χ0n) is 18.0. The van der Waals surface area contributed by atoms with E-state index in [1.807, 2.05) is 30.3 Å². The summed E-state index contributed by atoms with van der Waals surface area (Å²) in [5.41, 5.74) is 3.92. The SMILES string of the molecule is COc1ccc(Nc2ccc(O[Si](C(C)C)(C(C)C)C(C)C)cc2)cc1C#N. The number of benzene rings is 2. The van der Waals surface area contributed by atoms with Gasteiger partial charge in [0.25, 0.3) is 8.32 Å². The van der Waals surface area contributed by atoms with Gasteiger partial charge in [0.2, 0.25) is 0 Å². The highest BCUT2D eigenvalue weighted by Gasteiger charge is 2.46. The molecule has 0 bridgehead atoms. The Balaban J connectivity index is 2.21. The molecule has 0 radical (unpaired) electrons. The molecule has 0 aromatic heterocycles. The van der Waals surface area contributed by atoms with Gasteiger partial charge >= 0.3 is 0 Å². The van der Waals surface area contributed by atoms with Crippen molar-refractivity contribution in [3.63, 3.8) is 0 Å². The highest BCUT2D eigenvalue weighted by atomic mass is 28.4. The van der Waals surface area contributed by atoms with Gasteiger partial charge in [-0.25, -0.2) is 0 Å². The van der Waals surface area contributed by atoms with E-state index in [-0.39, 0.29) is 0 Å². The molecule has 5 heteroatoms. The summed E-state index contributed by atoms with van der Waals surface area (Å²) in [5.74, 6) is 1.51. The maximum Gasteiger partial charge on any atom is 0.258 e. The smallest absolute Gasteiger partial charge is 0.258 e. The molecule has 0 fully saturated rings. The van der Waals surface area contributed by atoms with Crippen LogP contribution in [-0.2, 0) is 0 Å². The van der Waals surface area contributed by atoms with Crippen molar-refractivity contribution in [3.8, 4) is 17.6 Å².